The second kappa shape index (κ2) is 7.24. The first-order chi connectivity index (χ1) is 7.81. The van der Waals surface area contributed by atoms with Crippen LogP contribution in [0.1, 0.15) is 49.7 Å². The highest BCUT2D eigenvalue weighted by Gasteiger charge is 2.09. The van der Waals surface area contributed by atoms with Gasteiger partial charge in [-0.05, 0) is 36.3 Å². The summed E-state index contributed by atoms with van der Waals surface area (Å²) in [5, 5.41) is 0. The van der Waals surface area contributed by atoms with E-state index < -0.39 is 0 Å². The highest BCUT2D eigenvalue weighted by atomic mass is 14.5. The number of allylic oxidation sites excluding steroid dienone is 1. The molecule has 2 N–H and O–H groups in total. The lowest BCUT2D eigenvalue weighted by atomic mass is 9.89. The van der Waals surface area contributed by atoms with Gasteiger partial charge in [0.1, 0.15) is 0 Å². The van der Waals surface area contributed by atoms with E-state index in [-0.39, 0.29) is 0 Å². The minimum Gasteiger partial charge on any atom is -0.326 e. The van der Waals surface area contributed by atoms with E-state index in [0.29, 0.717) is 12.5 Å². The summed E-state index contributed by atoms with van der Waals surface area (Å²) >= 11 is 0. The fourth-order valence-corrected chi connectivity index (χ4v) is 2.12. The van der Waals surface area contributed by atoms with Gasteiger partial charge in [-0.25, -0.2) is 0 Å². The maximum Gasteiger partial charge on any atom is 0.0178 e. The van der Waals surface area contributed by atoms with Crippen LogP contribution in [0.4, 0.5) is 0 Å². The van der Waals surface area contributed by atoms with Gasteiger partial charge >= 0.3 is 0 Å². The summed E-state index contributed by atoms with van der Waals surface area (Å²) in [6.07, 6.45) is 6.79. The SMILES string of the molecule is C=CCCC(CCC)c1cccc(CN)c1. The molecule has 0 aliphatic rings. The van der Waals surface area contributed by atoms with Crippen molar-refractivity contribution in [2.45, 2.75) is 45.1 Å². The Bertz CT molecular complexity index is 317. The Morgan fingerprint density at radius 2 is 2.19 bits per heavy atom. The van der Waals surface area contributed by atoms with Gasteiger partial charge in [0.25, 0.3) is 0 Å². The Morgan fingerprint density at radius 3 is 2.81 bits per heavy atom. The smallest absolute Gasteiger partial charge is 0.0178 e. The van der Waals surface area contributed by atoms with Crippen molar-refractivity contribution in [1.29, 1.82) is 0 Å². The molecule has 1 atom stereocenters. The second-order valence-corrected chi connectivity index (χ2v) is 4.30. The zero-order valence-electron chi connectivity index (χ0n) is 10.3. The molecule has 1 aromatic carbocycles. The van der Waals surface area contributed by atoms with E-state index in [9.17, 15) is 0 Å². The number of hydrogen-bond acceptors (Lipinski definition) is 1. The third-order valence-electron chi connectivity index (χ3n) is 3.01. The quantitative estimate of drug-likeness (QED) is 0.686. The van der Waals surface area contributed by atoms with Gasteiger partial charge in [-0.3, -0.25) is 0 Å². The Balaban J connectivity index is 2.77. The standard InChI is InChI=1S/C15H23N/c1-3-5-9-14(7-4-2)15-10-6-8-13(11-15)12-16/h3,6,8,10-11,14H,1,4-5,7,9,12,16H2,2H3. The predicted octanol–water partition coefficient (Wildman–Crippen LogP) is 4.00. The summed E-state index contributed by atoms with van der Waals surface area (Å²) in [7, 11) is 0. The van der Waals surface area contributed by atoms with Gasteiger partial charge in [-0.15, -0.1) is 6.58 Å². The molecule has 0 bridgehead atoms. The molecule has 1 unspecified atom stereocenters. The van der Waals surface area contributed by atoms with Crippen molar-refractivity contribution in [3.8, 4) is 0 Å². The van der Waals surface area contributed by atoms with Crippen LogP contribution >= 0.6 is 0 Å². The van der Waals surface area contributed by atoms with E-state index in [1.54, 1.807) is 0 Å². The monoisotopic (exact) mass is 217 g/mol. The molecule has 1 nitrogen and oxygen atoms in total. The summed E-state index contributed by atoms with van der Waals surface area (Å²) in [6, 6.07) is 8.69. The van der Waals surface area contributed by atoms with Crippen LogP contribution in [0.25, 0.3) is 0 Å². The van der Waals surface area contributed by atoms with Gasteiger partial charge in [-0.2, -0.15) is 0 Å². The van der Waals surface area contributed by atoms with Gasteiger partial charge in [0.2, 0.25) is 0 Å². The minimum atomic E-state index is 0.633. The van der Waals surface area contributed by atoms with Crippen LogP contribution in [0.3, 0.4) is 0 Å². The highest BCUT2D eigenvalue weighted by Crippen LogP contribution is 2.27. The molecular weight excluding hydrogens is 194 g/mol. The van der Waals surface area contributed by atoms with Crippen molar-refractivity contribution in [3.05, 3.63) is 48.0 Å². The number of hydrogen-bond donors (Lipinski definition) is 1. The molecule has 0 saturated carbocycles. The predicted molar refractivity (Wildman–Crippen MR) is 71.4 cm³/mol. The highest BCUT2D eigenvalue weighted by molar-refractivity contribution is 5.26. The molecule has 0 radical (unpaired) electrons. The minimum absolute atomic E-state index is 0.633. The Labute approximate surface area is 99.4 Å². The van der Waals surface area contributed by atoms with Gasteiger partial charge in [0.05, 0.1) is 0 Å². The maximum atomic E-state index is 5.68. The molecule has 0 spiro atoms. The van der Waals surface area contributed by atoms with Crippen molar-refractivity contribution in [2.24, 2.45) is 5.73 Å². The Hall–Kier alpha value is -1.08. The molecule has 0 aliphatic carbocycles. The van der Waals surface area contributed by atoms with Gasteiger partial charge in [-0.1, -0.05) is 43.7 Å². The maximum absolute atomic E-state index is 5.68. The summed E-state index contributed by atoms with van der Waals surface area (Å²) < 4.78 is 0. The molecule has 0 aromatic heterocycles. The zero-order chi connectivity index (χ0) is 11.8. The van der Waals surface area contributed by atoms with Crippen molar-refractivity contribution >= 4 is 0 Å². The van der Waals surface area contributed by atoms with Gasteiger partial charge in [0.15, 0.2) is 0 Å². The first-order valence-corrected chi connectivity index (χ1v) is 6.21. The Morgan fingerprint density at radius 1 is 1.38 bits per heavy atom. The molecule has 0 heterocycles. The molecule has 0 saturated heterocycles. The van der Waals surface area contributed by atoms with Crippen LogP contribution in [0.15, 0.2) is 36.9 Å². The van der Waals surface area contributed by atoms with E-state index in [1.165, 1.54) is 30.4 Å². The number of rotatable bonds is 7. The van der Waals surface area contributed by atoms with E-state index in [0.717, 1.165) is 6.42 Å². The molecule has 1 heteroatoms. The normalized spacial score (nSPS) is 12.4. The fourth-order valence-electron chi connectivity index (χ4n) is 2.12. The molecule has 0 fully saturated rings. The van der Waals surface area contributed by atoms with Crippen LogP contribution in [0, 0.1) is 0 Å². The average Bonchev–Trinajstić information content (AvgIpc) is 2.34. The van der Waals surface area contributed by atoms with Gasteiger partial charge in [0, 0.05) is 6.54 Å². The van der Waals surface area contributed by atoms with E-state index in [2.05, 4.69) is 37.8 Å². The van der Waals surface area contributed by atoms with E-state index in [1.807, 2.05) is 6.08 Å². The van der Waals surface area contributed by atoms with Crippen LogP contribution < -0.4 is 5.73 Å². The zero-order valence-corrected chi connectivity index (χ0v) is 10.3. The lowest BCUT2D eigenvalue weighted by Gasteiger charge is -2.16. The molecular formula is C15H23N. The summed E-state index contributed by atoms with van der Waals surface area (Å²) in [6.45, 7) is 6.68. The van der Waals surface area contributed by atoms with Crippen LogP contribution in [-0.2, 0) is 6.54 Å². The van der Waals surface area contributed by atoms with E-state index >= 15 is 0 Å². The summed E-state index contributed by atoms with van der Waals surface area (Å²) in [5.41, 5.74) is 8.35. The van der Waals surface area contributed by atoms with Crippen molar-refractivity contribution < 1.29 is 0 Å². The van der Waals surface area contributed by atoms with Crippen LogP contribution in [0.2, 0.25) is 0 Å². The second-order valence-electron chi connectivity index (χ2n) is 4.30. The number of benzene rings is 1. The lowest BCUT2D eigenvalue weighted by Crippen LogP contribution is -2.01. The van der Waals surface area contributed by atoms with Crippen molar-refractivity contribution in [1.82, 2.24) is 0 Å². The Kier molecular flexibility index (Phi) is 5.87. The summed E-state index contributed by atoms with van der Waals surface area (Å²) in [4.78, 5) is 0. The third-order valence-corrected chi connectivity index (χ3v) is 3.01. The van der Waals surface area contributed by atoms with Crippen LogP contribution in [-0.4, -0.2) is 0 Å². The van der Waals surface area contributed by atoms with Crippen molar-refractivity contribution in [2.75, 3.05) is 0 Å². The summed E-state index contributed by atoms with van der Waals surface area (Å²) in [5.74, 6) is 0.662. The lowest BCUT2D eigenvalue weighted by molar-refractivity contribution is 0.574. The number of nitrogens with two attached hydrogens (primary N) is 1. The third kappa shape index (κ3) is 3.82. The van der Waals surface area contributed by atoms with Gasteiger partial charge < -0.3 is 5.73 Å². The molecule has 1 aromatic rings. The molecule has 0 aliphatic heterocycles. The average molecular weight is 217 g/mol. The largest absolute Gasteiger partial charge is 0.326 e. The van der Waals surface area contributed by atoms with E-state index in [4.69, 9.17) is 5.73 Å². The van der Waals surface area contributed by atoms with Crippen LogP contribution in [0.5, 0.6) is 0 Å². The molecule has 0 amide bonds. The fraction of sp³-hybridized carbons (Fsp3) is 0.467. The first kappa shape index (κ1) is 13.0. The van der Waals surface area contributed by atoms with Crippen molar-refractivity contribution in [3.63, 3.8) is 0 Å². The molecule has 16 heavy (non-hydrogen) atoms. The molecule has 1 rings (SSSR count). The first-order valence-electron chi connectivity index (χ1n) is 6.21. The topological polar surface area (TPSA) is 26.0 Å². The molecule has 88 valence electrons.